The number of benzene rings is 2. The average Bonchev–Trinajstić information content (AvgIpc) is 2.89. The fourth-order valence-electron chi connectivity index (χ4n) is 4.44. The van der Waals surface area contributed by atoms with E-state index in [-0.39, 0.29) is 5.88 Å². The van der Waals surface area contributed by atoms with Crippen molar-refractivity contribution >= 4 is 0 Å². The molecule has 0 saturated carbocycles. The van der Waals surface area contributed by atoms with Gasteiger partial charge in [-0.3, -0.25) is 4.84 Å². The topological polar surface area (TPSA) is 71.6 Å². The summed E-state index contributed by atoms with van der Waals surface area (Å²) in [6, 6.07) is 21.9. The van der Waals surface area contributed by atoms with E-state index in [0.717, 1.165) is 22.3 Å². The number of nitrogens with two attached hydrogens (primary N) is 1. The lowest BCUT2D eigenvalue weighted by Crippen LogP contribution is -2.46. The quantitative estimate of drug-likeness (QED) is 0.355. The standard InChI is InChI=1S/C29H29N3O2/c1-32(2)19-18-29(34-30,25-16-10-5-11-17-25)27(23-14-8-4-9-15-23)26-20-24(21-31-28(26)33)22-12-6-3-7-13-22/h3-10,12-16,20-21,27H,18-19,30H2,1-2H3,(H,31,33). The van der Waals surface area contributed by atoms with Crippen LogP contribution in [0.3, 0.4) is 0 Å². The van der Waals surface area contributed by atoms with E-state index in [1.165, 1.54) is 0 Å². The van der Waals surface area contributed by atoms with Crippen LogP contribution in [-0.4, -0.2) is 41.2 Å². The highest BCUT2D eigenvalue weighted by molar-refractivity contribution is 5.65. The van der Waals surface area contributed by atoms with Gasteiger partial charge in [0.2, 0.25) is 5.88 Å². The van der Waals surface area contributed by atoms with Crippen LogP contribution in [0.1, 0.15) is 23.5 Å². The van der Waals surface area contributed by atoms with Gasteiger partial charge in [-0.25, -0.2) is 10.9 Å². The molecule has 3 aromatic rings. The van der Waals surface area contributed by atoms with Gasteiger partial charge in [0, 0.05) is 29.4 Å². The third-order valence-electron chi connectivity index (χ3n) is 6.16. The van der Waals surface area contributed by atoms with Crippen LogP contribution in [0, 0.1) is 0 Å². The molecule has 0 saturated heterocycles. The van der Waals surface area contributed by atoms with Crippen molar-refractivity contribution < 1.29 is 9.94 Å². The van der Waals surface area contributed by atoms with Crippen molar-refractivity contribution in [1.29, 1.82) is 0 Å². The van der Waals surface area contributed by atoms with Crippen LogP contribution in [0.4, 0.5) is 0 Å². The SMILES string of the molecule is CN(C)CCC(ON)(C1=C=C=CC=C1)C(c1ccccc1)c1cc(-c2ccccc2)cnc1O. The van der Waals surface area contributed by atoms with E-state index in [4.69, 9.17) is 10.7 Å². The van der Waals surface area contributed by atoms with E-state index in [0.29, 0.717) is 18.5 Å². The van der Waals surface area contributed by atoms with Gasteiger partial charge in [0.15, 0.2) is 0 Å². The number of allylic oxidation sites excluding steroid dienone is 2. The van der Waals surface area contributed by atoms with Crippen LogP contribution in [-0.2, 0) is 4.84 Å². The molecule has 1 heterocycles. The summed E-state index contributed by atoms with van der Waals surface area (Å²) in [7, 11) is 4.02. The zero-order valence-electron chi connectivity index (χ0n) is 19.5. The lowest BCUT2D eigenvalue weighted by molar-refractivity contribution is -0.0386. The van der Waals surface area contributed by atoms with E-state index < -0.39 is 11.5 Å². The first-order valence-corrected chi connectivity index (χ1v) is 11.3. The molecule has 5 heteroatoms. The predicted molar refractivity (Wildman–Crippen MR) is 135 cm³/mol. The molecule has 4 rings (SSSR count). The zero-order chi connectivity index (χ0) is 24.0. The summed E-state index contributed by atoms with van der Waals surface area (Å²) >= 11 is 0. The Kier molecular flexibility index (Phi) is 7.24. The van der Waals surface area contributed by atoms with Crippen molar-refractivity contribution in [2.24, 2.45) is 5.90 Å². The Morgan fingerprint density at radius 3 is 2.38 bits per heavy atom. The molecule has 0 fully saturated rings. The average molecular weight is 452 g/mol. The number of aromatic nitrogens is 1. The number of aromatic hydroxyl groups is 1. The molecule has 5 nitrogen and oxygen atoms in total. The molecule has 2 atom stereocenters. The highest BCUT2D eigenvalue weighted by Gasteiger charge is 2.46. The maximum atomic E-state index is 11.1. The van der Waals surface area contributed by atoms with Gasteiger partial charge in [-0.15, -0.1) is 0 Å². The molecule has 1 aromatic heterocycles. The smallest absolute Gasteiger partial charge is 0.214 e. The predicted octanol–water partition coefficient (Wildman–Crippen LogP) is 4.97. The molecular formula is C29H29N3O2. The normalized spacial score (nSPS) is 15.2. The van der Waals surface area contributed by atoms with Crippen LogP contribution in [0.25, 0.3) is 11.1 Å². The van der Waals surface area contributed by atoms with Gasteiger partial charge < -0.3 is 10.0 Å². The van der Waals surface area contributed by atoms with Gasteiger partial charge in [-0.1, -0.05) is 78.2 Å². The van der Waals surface area contributed by atoms with Crippen molar-refractivity contribution in [3.8, 4) is 17.0 Å². The second-order valence-corrected chi connectivity index (χ2v) is 8.62. The first kappa shape index (κ1) is 23.5. The molecule has 0 aliphatic heterocycles. The van der Waals surface area contributed by atoms with E-state index in [1.807, 2.05) is 93.0 Å². The first-order chi connectivity index (χ1) is 16.5. The first-order valence-electron chi connectivity index (χ1n) is 11.3. The highest BCUT2D eigenvalue weighted by Crippen LogP contribution is 2.47. The lowest BCUT2D eigenvalue weighted by atomic mass is 9.71. The van der Waals surface area contributed by atoms with E-state index in [2.05, 4.69) is 21.3 Å². The summed E-state index contributed by atoms with van der Waals surface area (Å²) in [5.74, 6) is 5.63. The van der Waals surface area contributed by atoms with Crippen LogP contribution in [0.5, 0.6) is 5.88 Å². The van der Waals surface area contributed by atoms with Crippen LogP contribution < -0.4 is 5.90 Å². The van der Waals surface area contributed by atoms with Gasteiger partial charge in [0.05, 0.1) is 5.92 Å². The third-order valence-corrected chi connectivity index (χ3v) is 6.16. The van der Waals surface area contributed by atoms with Gasteiger partial charge in [0.25, 0.3) is 0 Å². The summed E-state index contributed by atoms with van der Waals surface area (Å²) in [6.45, 7) is 0.704. The fraction of sp³-hybridized carbons (Fsp3) is 0.207. The summed E-state index contributed by atoms with van der Waals surface area (Å²) < 4.78 is 0. The minimum atomic E-state index is -1.03. The second-order valence-electron chi connectivity index (χ2n) is 8.62. The van der Waals surface area contributed by atoms with Crippen molar-refractivity contribution in [3.63, 3.8) is 0 Å². The molecular weight excluding hydrogens is 422 g/mol. The molecule has 34 heavy (non-hydrogen) atoms. The molecule has 0 amide bonds. The second kappa shape index (κ2) is 10.5. The van der Waals surface area contributed by atoms with Crippen LogP contribution in [0.15, 0.2) is 108 Å². The number of nitrogens with zero attached hydrogens (tertiary/aromatic N) is 2. The Morgan fingerprint density at radius 2 is 1.76 bits per heavy atom. The molecule has 0 radical (unpaired) electrons. The zero-order valence-corrected chi connectivity index (χ0v) is 19.5. The third kappa shape index (κ3) is 4.80. The van der Waals surface area contributed by atoms with Crippen molar-refractivity contribution in [2.45, 2.75) is 17.9 Å². The van der Waals surface area contributed by atoms with Gasteiger partial charge >= 0.3 is 0 Å². The van der Waals surface area contributed by atoms with Crippen LogP contribution in [0.2, 0.25) is 0 Å². The number of hydrogen-bond acceptors (Lipinski definition) is 5. The van der Waals surface area contributed by atoms with E-state index in [1.54, 1.807) is 12.3 Å². The Hall–Kier alpha value is -3.69. The minimum absolute atomic E-state index is 0.0558. The molecule has 0 bridgehead atoms. The van der Waals surface area contributed by atoms with Gasteiger partial charge in [-0.05, 0) is 49.9 Å². The largest absolute Gasteiger partial charge is 0.493 e. The van der Waals surface area contributed by atoms with Crippen molar-refractivity contribution in [2.75, 3.05) is 20.6 Å². The van der Waals surface area contributed by atoms with Crippen LogP contribution >= 0.6 is 0 Å². The Morgan fingerprint density at radius 1 is 1.06 bits per heavy atom. The molecule has 1 aliphatic carbocycles. The minimum Gasteiger partial charge on any atom is -0.493 e. The Labute approximate surface area is 200 Å². The maximum absolute atomic E-state index is 11.1. The summed E-state index contributed by atoms with van der Waals surface area (Å²) in [6.07, 6.45) is 7.88. The number of pyridine rings is 1. The molecule has 2 aromatic carbocycles. The monoisotopic (exact) mass is 451 g/mol. The number of hydrogen-bond donors (Lipinski definition) is 2. The fourth-order valence-corrected chi connectivity index (χ4v) is 4.44. The number of rotatable bonds is 9. The maximum Gasteiger partial charge on any atom is 0.214 e. The van der Waals surface area contributed by atoms with E-state index in [9.17, 15) is 5.11 Å². The van der Waals surface area contributed by atoms with Crippen molar-refractivity contribution in [3.05, 3.63) is 119 Å². The van der Waals surface area contributed by atoms with Gasteiger partial charge in [0.1, 0.15) is 5.60 Å². The Bertz CT molecular complexity index is 1260. The summed E-state index contributed by atoms with van der Waals surface area (Å²) in [5, 5.41) is 11.1. The lowest BCUT2D eigenvalue weighted by Gasteiger charge is -2.40. The molecule has 0 spiro atoms. The van der Waals surface area contributed by atoms with Crippen molar-refractivity contribution in [1.82, 2.24) is 9.88 Å². The summed E-state index contributed by atoms with van der Waals surface area (Å²) in [5.41, 5.74) is 9.49. The summed E-state index contributed by atoms with van der Waals surface area (Å²) in [4.78, 5) is 12.4. The Balaban J connectivity index is 1.98. The molecule has 2 unspecified atom stereocenters. The van der Waals surface area contributed by atoms with E-state index >= 15 is 0 Å². The molecule has 1 aliphatic rings. The molecule has 172 valence electrons. The van der Waals surface area contributed by atoms with Gasteiger partial charge in [-0.2, -0.15) is 0 Å². The molecule has 3 N–H and O–H groups in total. The highest BCUT2D eigenvalue weighted by atomic mass is 16.6.